The van der Waals surface area contributed by atoms with E-state index >= 15 is 0 Å². The van der Waals surface area contributed by atoms with Gasteiger partial charge >= 0.3 is 23.9 Å². The van der Waals surface area contributed by atoms with Crippen LogP contribution in [0.15, 0.2) is 41.5 Å². The lowest BCUT2D eigenvalue weighted by atomic mass is 9.48. The minimum absolute atomic E-state index is 0.114. The summed E-state index contributed by atoms with van der Waals surface area (Å²) in [5, 5.41) is 12.5. The third kappa shape index (κ3) is 6.41. The first kappa shape index (κ1) is 36.0. The van der Waals surface area contributed by atoms with Crippen LogP contribution in [0.4, 0.5) is 0 Å². The number of aliphatic hydroxyl groups is 1. The number of aliphatic hydroxyl groups excluding tert-OH is 1. The lowest BCUT2D eigenvalue weighted by Crippen LogP contribution is -2.68. The third-order valence-corrected chi connectivity index (χ3v) is 11.5. The summed E-state index contributed by atoms with van der Waals surface area (Å²) in [6.07, 6.45) is -3.30. The fourth-order valence-electron chi connectivity index (χ4n) is 9.27. The Bertz CT molecular complexity index is 1450. The second-order valence-corrected chi connectivity index (χ2v) is 15.1. The zero-order chi connectivity index (χ0) is 35.3. The minimum atomic E-state index is -1.25. The molecule has 0 aromatic heterocycles. The van der Waals surface area contributed by atoms with Gasteiger partial charge in [-0.25, -0.2) is 0 Å². The Morgan fingerprint density at radius 3 is 2.10 bits per heavy atom. The van der Waals surface area contributed by atoms with Gasteiger partial charge in [0.2, 0.25) is 0 Å². The molecule has 1 aromatic rings. The minimum Gasteiger partial charge on any atom is -0.462 e. The Kier molecular flexibility index (Phi) is 9.91. The van der Waals surface area contributed by atoms with Gasteiger partial charge in [-0.2, -0.15) is 0 Å². The highest BCUT2D eigenvalue weighted by atomic mass is 16.6. The van der Waals surface area contributed by atoms with Gasteiger partial charge < -0.3 is 33.7 Å². The summed E-state index contributed by atoms with van der Waals surface area (Å²) < 4.78 is 30.7. The number of nitrogens with zero attached hydrogens (tertiary/aromatic N) is 1. The summed E-state index contributed by atoms with van der Waals surface area (Å²) in [6.45, 7) is 11.9. The molecular weight excluding hydrogens is 618 g/mol. The topological polar surface area (TPSA) is 141 Å². The molecule has 0 unspecified atom stereocenters. The number of esters is 4. The van der Waals surface area contributed by atoms with E-state index in [2.05, 4.69) is 0 Å². The molecule has 1 N–H and O–H groups in total. The number of ether oxygens (including phenoxy) is 5. The summed E-state index contributed by atoms with van der Waals surface area (Å²) in [4.78, 5) is 53.5. The van der Waals surface area contributed by atoms with Crippen LogP contribution in [-0.4, -0.2) is 90.7 Å². The predicted octanol–water partition coefficient (Wildman–Crippen LogP) is 4.31. The molecule has 48 heavy (non-hydrogen) atoms. The predicted molar refractivity (Wildman–Crippen MR) is 174 cm³/mol. The van der Waals surface area contributed by atoms with E-state index in [1.165, 1.54) is 20.8 Å². The molecule has 1 aromatic carbocycles. The summed E-state index contributed by atoms with van der Waals surface area (Å²) in [6, 6.07) is 9.55. The SMILES string of the molecule is CC(=O)O[C@@H]1[C@@H]2[C@](C)(CC[C@H](OC(=O)C[C@@H](c3ccccc3)N(C)C)[C@@]23CO3)[C@H](O)[C@H](OC(C)=O)C2=C(C)[C@@H](OC(C)=O)C[C@@H]1C2(C)C. The van der Waals surface area contributed by atoms with Gasteiger partial charge in [0.1, 0.15) is 30.0 Å². The maximum atomic E-state index is 13.7. The van der Waals surface area contributed by atoms with E-state index in [1.54, 1.807) is 0 Å². The summed E-state index contributed by atoms with van der Waals surface area (Å²) >= 11 is 0. The molecule has 0 amide bonds. The Morgan fingerprint density at radius 2 is 1.56 bits per heavy atom. The number of benzene rings is 1. The summed E-state index contributed by atoms with van der Waals surface area (Å²) in [5.74, 6) is -3.03. The molecule has 2 bridgehead atoms. The van der Waals surface area contributed by atoms with Crippen molar-refractivity contribution in [2.45, 2.75) is 116 Å². The fraction of sp³-hybridized carbons (Fsp3) is 0.676. The van der Waals surface area contributed by atoms with Gasteiger partial charge in [0.15, 0.2) is 6.10 Å². The van der Waals surface area contributed by atoms with Crippen molar-refractivity contribution in [3.63, 3.8) is 0 Å². The van der Waals surface area contributed by atoms with Crippen LogP contribution in [0.1, 0.15) is 85.8 Å². The van der Waals surface area contributed by atoms with Crippen molar-refractivity contribution in [3.05, 3.63) is 47.0 Å². The highest BCUT2D eigenvalue weighted by Gasteiger charge is 2.74. The van der Waals surface area contributed by atoms with Crippen molar-refractivity contribution >= 4 is 23.9 Å². The van der Waals surface area contributed by atoms with Crippen molar-refractivity contribution in [2.75, 3.05) is 20.7 Å². The molecule has 1 spiro atoms. The van der Waals surface area contributed by atoms with Crippen molar-refractivity contribution in [3.8, 4) is 0 Å². The number of carbonyl (C=O) groups is 4. The Labute approximate surface area is 283 Å². The lowest BCUT2D eigenvalue weighted by molar-refractivity contribution is -0.223. The number of carbonyl (C=O) groups excluding carboxylic acids is 4. The van der Waals surface area contributed by atoms with Crippen LogP contribution in [-0.2, 0) is 42.9 Å². The van der Waals surface area contributed by atoms with E-state index in [0.717, 1.165) is 5.56 Å². The standard InChI is InChI=1S/C37H51NO10/c1-20-27(45-21(2)39)17-25-31(46-22(3)40)33-36(7,34(43)32(47-23(4)41)30(20)35(25,5)6)16-15-28(37(33)19-44-37)48-29(42)18-26(38(8)9)24-13-11-10-12-14-24/h10-14,25-28,31-34,43H,15-19H2,1-9H3/t25-,26-,27-,28-,31-,32+,33+,34+,36-,37-/m0/s1. The highest BCUT2D eigenvalue weighted by Crippen LogP contribution is 2.65. The molecule has 2 saturated carbocycles. The molecule has 4 aliphatic rings. The summed E-state index contributed by atoms with van der Waals surface area (Å²) in [5.41, 5.74) is -0.495. The molecule has 11 nitrogen and oxygen atoms in total. The van der Waals surface area contributed by atoms with E-state index in [0.29, 0.717) is 30.4 Å². The Morgan fingerprint density at radius 1 is 0.958 bits per heavy atom. The number of hydrogen-bond acceptors (Lipinski definition) is 11. The van der Waals surface area contributed by atoms with E-state index in [9.17, 15) is 24.3 Å². The van der Waals surface area contributed by atoms with Crippen molar-refractivity contribution in [1.29, 1.82) is 0 Å². The molecule has 0 radical (unpaired) electrons. The first-order valence-electron chi connectivity index (χ1n) is 16.9. The molecule has 264 valence electrons. The van der Waals surface area contributed by atoms with E-state index < -0.39 is 76.7 Å². The van der Waals surface area contributed by atoms with Gasteiger partial charge in [0.25, 0.3) is 0 Å². The van der Waals surface area contributed by atoms with Crippen LogP contribution >= 0.6 is 0 Å². The molecule has 1 heterocycles. The van der Waals surface area contributed by atoms with E-state index in [1.807, 2.05) is 77.0 Å². The molecule has 11 heteroatoms. The highest BCUT2D eigenvalue weighted by molar-refractivity contribution is 5.71. The zero-order valence-electron chi connectivity index (χ0n) is 29.6. The summed E-state index contributed by atoms with van der Waals surface area (Å²) in [7, 11) is 3.84. The molecule has 1 saturated heterocycles. The van der Waals surface area contributed by atoms with Gasteiger partial charge in [-0.1, -0.05) is 51.1 Å². The maximum absolute atomic E-state index is 13.7. The Balaban J connectivity index is 1.59. The van der Waals surface area contributed by atoms with E-state index in [-0.39, 0.29) is 25.0 Å². The van der Waals surface area contributed by atoms with Crippen molar-refractivity contribution in [1.82, 2.24) is 4.90 Å². The molecule has 10 atom stereocenters. The van der Waals surface area contributed by atoms with Crippen molar-refractivity contribution < 1.29 is 48.0 Å². The van der Waals surface area contributed by atoms with Crippen LogP contribution in [0.3, 0.4) is 0 Å². The molecule has 3 aliphatic carbocycles. The normalized spacial score (nSPS) is 35.9. The largest absolute Gasteiger partial charge is 0.462 e. The van der Waals surface area contributed by atoms with Gasteiger partial charge in [-0.15, -0.1) is 0 Å². The number of fused-ring (bicyclic) bond motifs is 4. The van der Waals surface area contributed by atoms with Crippen LogP contribution in [0.2, 0.25) is 0 Å². The van der Waals surface area contributed by atoms with Crippen LogP contribution in [0, 0.1) is 22.7 Å². The smallest absolute Gasteiger partial charge is 0.308 e. The zero-order valence-corrected chi connectivity index (χ0v) is 29.6. The number of rotatable bonds is 8. The van der Waals surface area contributed by atoms with Crippen LogP contribution < -0.4 is 0 Å². The molecule has 1 aliphatic heterocycles. The molecule has 5 rings (SSSR count). The van der Waals surface area contributed by atoms with Crippen LogP contribution in [0.5, 0.6) is 0 Å². The first-order chi connectivity index (χ1) is 22.4. The fourth-order valence-corrected chi connectivity index (χ4v) is 9.27. The van der Waals surface area contributed by atoms with Crippen molar-refractivity contribution in [2.24, 2.45) is 22.7 Å². The monoisotopic (exact) mass is 669 g/mol. The van der Waals surface area contributed by atoms with E-state index in [4.69, 9.17) is 23.7 Å². The van der Waals surface area contributed by atoms with Gasteiger partial charge in [-0.05, 0) is 62.4 Å². The number of hydrogen-bond donors (Lipinski definition) is 1. The third-order valence-electron chi connectivity index (χ3n) is 11.5. The first-order valence-corrected chi connectivity index (χ1v) is 16.9. The lowest BCUT2D eigenvalue weighted by Gasteiger charge is -2.60. The maximum Gasteiger partial charge on any atom is 0.308 e. The molecule has 3 fully saturated rings. The van der Waals surface area contributed by atoms with Gasteiger partial charge in [0.05, 0.1) is 13.0 Å². The van der Waals surface area contributed by atoms with Crippen LogP contribution in [0.25, 0.3) is 0 Å². The number of epoxide rings is 1. The van der Waals surface area contributed by atoms with Gasteiger partial charge in [-0.3, -0.25) is 19.2 Å². The molecular formula is C37H51NO10. The second-order valence-electron chi connectivity index (χ2n) is 15.1. The quantitative estimate of drug-likeness (QED) is 0.183. The Hall–Kier alpha value is -3.28. The van der Waals surface area contributed by atoms with Gasteiger partial charge in [0, 0.05) is 44.1 Å². The average molecular weight is 670 g/mol. The average Bonchev–Trinajstić information content (AvgIpc) is 3.77. The second kappa shape index (κ2) is 13.2.